The minimum Gasteiger partial charge on any atom is -0.497 e. The topological polar surface area (TPSA) is 44.1 Å². The number of nitrogens with zero attached hydrogens (tertiary/aromatic N) is 2. The van der Waals surface area contributed by atoms with E-state index in [9.17, 15) is 4.79 Å². The predicted molar refractivity (Wildman–Crippen MR) is 73.0 cm³/mol. The van der Waals surface area contributed by atoms with Gasteiger partial charge in [-0.05, 0) is 30.3 Å². The fraction of sp³-hybridized carbons (Fsp3) is 0.0667. The van der Waals surface area contributed by atoms with Crippen LogP contribution < -0.4 is 4.74 Å². The third kappa shape index (κ3) is 1.87. The summed E-state index contributed by atoms with van der Waals surface area (Å²) in [5, 5.41) is 5.20. The Morgan fingerprint density at radius 1 is 1.11 bits per heavy atom. The molecule has 0 spiro atoms. The molecule has 0 amide bonds. The zero-order chi connectivity index (χ0) is 13.2. The van der Waals surface area contributed by atoms with Crippen LogP contribution in [0.2, 0.25) is 0 Å². The first kappa shape index (κ1) is 11.5. The van der Waals surface area contributed by atoms with Crippen LogP contribution >= 0.6 is 0 Å². The summed E-state index contributed by atoms with van der Waals surface area (Å²) in [5.74, 6) is 0.788. The SMILES string of the molecule is COc1ccc(-n2nc(C=O)c3ccccc32)cc1. The van der Waals surface area contributed by atoms with Crippen LogP contribution in [0, 0.1) is 0 Å². The van der Waals surface area contributed by atoms with Gasteiger partial charge in [0.25, 0.3) is 0 Å². The molecule has 0 unspecified atom stereocenters. The van der Waals surface area contributed by atoms with Crippen molar-refractivity contribution >= 4 is 17.2 Å². The second-order valence-corrected chi connectivity index (χ2v) is 4.13. The van der Waals surface area contributed by atoms with Crippen LogP contribution in [0.1, 0.15) is 10.5 Å². The number of fused-ring (bicyclic) bond motifs is 1. The van der Waals surface area contributed by atoms with Gasteiger partial charge in [0, 0.05) is 5.39 Å². The Labute approximate surface area is 110 Å². The number of rotatable bonds is 3. The van der Waals surface area contributed by atoms with Gasteiger partial charge in [-0.3, -0.25) is 4.79 Å². The van der Waals surface area contributed by atoms with E-state index in [1.165, 1.54) is 0 Å². The van der Waals surface area contributed by atoms with Crippen LogP contribution in [0.5, 0.6) is 5.75 Å². The van der Waals surface area contributed by atoms with Crippen LogP contribution in [0.4, 0.5) is 0 Å². The number of hydrogen-bond acceptors (Lipinski definition) is 3. The fourth-order valence-corrected chi connectivity index (χ4v) is 2.10. The second kappa shape index (κ2) is 4.57. The van der Waals surface area contributed by atoms with E-state index in [1.54, 1.807) is 11.8 Å². The molecule has 0 saturated heterocycles. The molecule has 1 aromatic heterocycles. The standard InChI is InChI=1S/C15H12N2O2/c1-19-12-8-6-11(7-9-12)17-15-5-3-2-4-13(15)14(10-18)16-17/h2-10H,1H3. The molecule has 0 N–H and O–H groups in total. The van der Waals surface area contributed by atoms with E-state index in [1.807, 2.05) is 48.5 Å². The van der Waals surface area contributed by atoms with Crippen molar-refractivity contribution in [3.05, 3.63) is 54.2 Å². The highest BCUT2D eigenvalue weighted by molar-refractivity contribution is 5.95. The van der Waals surface area contributed by atoms with E-state index in [2.05, 4.69) is 5.10 Å². The Kier molecular flexibility index (Phi) is 2.76. The second-order valence-electron chi connectivity index (χ2n) is 4.13. The number of aldehydes is 1. The maximum atomic E-state index is 11.1. The van der Waals surface area contributed by atoms with E-state index in [4.69, 9.17) is 4.74 Å². The van der Waals surface area contributed by atoms with Crippen molar-refractivity contribution in [3.63, 3.8) is 0 Å². The van der Waals surface area contributed by atoms with E-state index in [0.717, 1.165) is 28.6 Å². The lowest BCUT2D eigenvalue weighted by molar-refractivity contribution is 0.112. The molecule has 19 heavy (non-hydrogen) atoms. The summed E-state index contributed by atoms with van der Waals surface area (Å²) in [5.41, 5.74) is 2.26. The average molecular weight is 252 g/mol. The lowest BCUT2D eigenvalue weighted by Gasteiger charge is -2.04. The van der Waals surface area contributed by atoms with Crippen molar-refractivity contribution in [1.82, 2.24) is 9.78 Å². The molecule has 0 aliphatic carbocycles. The highest BCUT2D eigenvalue weighted by Crippen LogP contribution is 2.22. The van der Waals surface area contributed by atoms with Gasteiger partial charge in [0.05, 0.1) is 18.3 Å². The summed E-state index contributed by atoms with van der Waals surface area (Å²) in [4.78, 5) is 11.1. The van der Waals surface area contributed by atoms with E-state index >= 15 is 0 Å². The van der Waals surface area contributed by atoms with Crippen molar-refractivity contribution in [2.75, 3.05) is 7.11 Å². The molecule has 0 atom stereocenters. The fourth-order valence-electron chi connectivity index (χ4n) is 2.10. The molecule has 3 rings (SSSR count). The molecule has 94 valence electrons. The largest absolute Gasteiger partial charge is 0.497 e. The maximum Gasteiger partial charge on any atom is 0.170 e. The van der Waals surface area contributed by atoms with Gasteiger partial charge in [0.1, 0.15) is 11.4 Å². The third-order valence-electron chi connectivity index (χ3n) is 3.04. The number of aromatic nitrogens is 2. The summed E-state index contributed by atoms with van der Waals surface area (Å²) >= 11 is 0. The van der Waals surface area contributed by atoms with Crippen molar-refractivity contribution < 1.29 is 9.53 Å². The molecule has 0 aliphatic heterocycles. The number of carbonyl (C=O) groups is 1. The highest BCUT2D eigenvalue weighted by Gasteiger charge is 2.10. The maximum absolute atomic E-state index is 11.1. The first-order valence-electron chi connectivity index (χ1n) is 5.91. The Morgan fingerprint density at radius 2 is 1.84 bits per heavy atom. The van der Waals surface area contributed by atoms with Gasteiger partial charge in [-0.25, -0.2) is 4.68 Å². The normalized spacial score (nSPS) is 10.6. The zero-order valence-electron chi connectivity index (χ0n) is 10.4. The number of ether oxygens (including phenoxy) is 1. The monoisotopic (exact) mass is 252 g/mol. The van der Waals surface area contributed by atoms with Crippen molar-refractivity contribution in [2.24, 2.45) is 0 Å². The molecule has 0 aliphatic rings. The van der Waals surface area contributed by atoms with Gasteiger partial charge in [-0.15, -0.1) is 0 Å². The third-order valence-corrected chi connectivity index (χ3v) is 3.04. The number of para-hydroxylation sites is 1. The molecular formula is C15H12N2O2. The Morgan fingerprint density at radius 3 is 2.53 bits per heavy atom. The Bertz CT molecular complexity index is 729. The van der Waals surface area contributed by atoms with Crippen molar-refractivity contribution in [3.8, 4) is 11.4 Å². The van der Waals surface area contributed by atoms with Crippen molar-refractivity contribution in [2.45, 2.75) is 0 Å². The van der Waals surface area contributed by atoms with E-state index in [-0.39, 0.29) is 0 Å². The molecular weight excluding hydrogens is 240 g/mol. The van der Waals surface area contributed by atoms with Gasteiger partial charge in [0.15, 0.2) is 6.29 Å². The molecule has 1 heterocycles. The van der Waals surface area contributed by atoms with E-state index in [0.29, 0.717) is 5.69 Å². The molecule has 0 radical (unpaired) electrons. The van der Waals surface area contributed by atoms with Crippen LogP contribution in [0.25, 0.3) is 16.6 Å². The molecule has 0 saturated carbocycles. The molecule has 0 fully saturated rings. The van der Waals surface area contributed by atoms with Gasteiger partial charge in [-0.2, -0.15) is 5.10 Å². The average Bonchev–Trinajstić information content (AvgIpc) is 2.86. The quantitative estimate of drug-likeness (QED) is 0.673. The van der Waals surface area contributed by atoms with Crippen LogP contribution in [-0.4, -0.2) is 23.2 Å². The summed E-state index contributed by atoms with van der Waals surface area (Å²) < 4.78 is 6.90. The highest BCUT2D eigenvalue weighted by atomic mass is 16.5. The number of hydrogen-bond donors (Lipinski definition) is 0. The lowest BCUT2D eigenvalue weighted by atomic mass is 10.2. The van der Waals surface area contributed by atoms with Gasteiger partial charge in [-0.1, -0.05) is 18.2 Å². The summed E-state index contributed by atoms with van der Waals surface area (Å²) in [7, 11) is 1.63. The molecule has 4 nitrogen and oxygen atoms in total. The molecule has 2 aromatic carbocycles. The number of carbonyl (C=O) groups excluding carboxylic acids is 1. The summed E-state index contributed by atoms with van der Waals surface area (Å²) in [6, 6.07) is 15.2. The first-order valence-corrected chi connectivity index (χ1v) is 5.91. The number of methoxy groups -OCH3 is 1. The molecule has 4 heteroatoms. The number of benzene rings is 2. The van der Waals surface area contributed by atoms with Gasteiger partial charge in [0.2, 0.25) is 0 Å². The Hall–Kier alpha value is -2.62. The van der Waals surface area contributed by atoms with Crippen molar-refractivity contribution in [1.29, 1.82) is 0 Å². The lowest BCUT2D eigenvalue weighted by Crippen LogP contribution is -1.97. The minimum absolute atomic E-state index is 0.450. The van der Waals surface area contributed by atoms with Gasteiger partial charge >= 0.3 is 0 Å². The van der Waals surface area contributed by atoms with Crippen LogP contribution in [0.15, 0.2) is 48.5 Å². The molecule has 0 bridgehead atoms. The van der Waals surface area contributed by atoms with E-state index < -0.39 is 0 Å². The minimum atomic E-state index is 0.450. The smallest absolute Gasteiger partial charge is 0.170 e. The van der Waals surface area contributed by atoms with Gasteiger partial charge < -0.3 is 4.74 Å². The Balaban J connectivity index is 2.21. The summed E-state index contributed by atoms with van der Waals surface area (Å²) in [6.07, 6.45) is 0.780. The van der Waals surface area contributed by atoms with Crippen LogP contribution in [0.3, 0.4) is 0 Å². The summed E-state index contributed by atoms with van der Waals surface area (Å²) in [6.45, 7) is 0. The predicted octanol–water partition coefficient (Wildman–Crippen LogP) is 2.85. The van der Waals surface area contributed by atoms with Crippen LogP contribution in [-0.2, 0) is 0 Å². The molecule has 3 aromatic rings. The zero-order valence-corrected chi connectivity index (χ0v) is 10.4. The first-order chi connectivity index (χ1) is 9.33.